The lowest BCUT2D eigenvalue weighted by Crippen LogP contribution is -2.61. The number of halogens is 2. The van der Waals surface area contributed by atoms with Crippen LogP contribution in [-0.2, 0) is 25.5 Å². The number of amides is 2. The van der Waals surface area contributed by atoms with Crippen molar-refractivity contribution in [3.05, 3.63) is 53.6 Å². The number of nitrogens with zero attached hydrogens (tertiary/aromatic N) is 8. The maximum atomic E-state index is 14.3. The Morgan fingerprint density at radius 2 is 1.77 bits per heavy atom. The van der Waals surface area contributed by atoms with Crippen LogP contribution in [0.5, 0.6) is 0 Å². The predicted octanol–water partition coefficient (Wildman–Crippen LogP) is 5.86. The van der Waals surface area contributed by atoms with Gasteiger partial charge in [-0.25, -0.2) is 13.5 Å². The van der Waals surface area contributed by atoms with Gasteiger partial charge < -0.3 is 14.4 Å². The van der Waals surface area contributed by atoms with Gasteiger partial charge in [-0.3, -0.25) is 29.2 Å². The van der Waals surface area contributed by atoms with Crippen LogP contribution in [0.1, 0.15) is 106 Å². The second-order valence-corrected chi connectivity index (χ2v) is 16.7. The average Bonchev–Trinajstić information content (AvgIpc) is 3.94. The molecule has 4 aromatic rings. The molecule has 3 aromatic heterocycles. The fourth-order valence-electron chi connectivity index (χ4n) is 10.2. The third kappa shape index (κ3) is 7.26. The summed E-state index contributed by atoms with van der Waals surface area (Å²) in [6.07, 6.45) is 12.2. The van der Waals surface area contributed by atoms with Crippen LogP contribution in [-0.4, -0.2) is 104 Å². The molecule has 15 heteroatoms. The Kier molecular flexibility index (Phi) is 10.4. The molecule has 1 N–H and O–H groups in total. The number of aryl methyl sites for hydroxylation is 2. The van der Waals surface area contributed by atoms with Gasteiger partial charge in [0.05, 0.1) is 49.0 Å². The van der Waals surface area contributed by atoms with E-state index in [4.69, 9.17) is 14.6 Å². The molecule has 13 nitrogen and oxygen atoms in total. The molecule has 9 rings (SSSR count). The first-order chi connectivity index (χ1) is 27.2. The average molecular weight is 774 g/mol. The molecule has 3 aliphatic heterocycles. The lowest BCUT2D eigenvalue weighted by atomic mass is 9.66. The molecule has 2 saturated carbocycles. The number of hydrogen-bond donors (Lipinski definition) is 1. The van der Waals surface area contributed by atoms with Crippen LogP contribution in [0, 0.1) is 12.3 Å². The second kappa shape index (κ2) is 15.6. The summed E-state index contributed by atoms with van der Waals surface area (Å²) in [6, 6.07) is 8.31. The lowest BCUT2D eigenvalue weighted by Gasteiger charge is -2.57. The summed E-state index contributed by atoms with van der Waals surface area (Å²) in [4.78, 5) is 29.1. The van der Waals surface area contributed by atoms with Crippen LogP contribution >= 0.6 is 0 Å². The highest BCUT2D eigenvalue weighted by molar-refractivity contribution is 6.00. The van der Waals surface area contributed by atoms with E-state index in [0.29, 0.717) is 69.0 Å². The molecule has 6 heterocycles. The molecule has 2 amide bonds. The van der Waals surface area contributed by atoms with E-state index in [2.05, 4.69) is 31.4 Å². The number of fused-ring (bicyclic) bond motifs is 1. The van der Waals surface area contributed by atoms with E-state index >= 15 is 0 Å². The van der Waals surface area contributed by atoms with Crippen LogP contribution in [0.4, 0.5) is 14.6 Å². The van der Waals surface area contributed by atoms with Gasteiger partial charge in [0.15, 0.2) is 5.69 Å². The first-order valence-corrected chi connectivity index (χ1v) is 20.7. The summed E-state index contributed by atoms with van der Waals surface area (Å²) in [5, 5.41) is 17.2. The molecule has 1 atom stereocenters. The van der Waals surface area contributed by atoms with Crippen molar-refractivity contribution in [2.24, 2.45) is 5.41 Å². The Balaban J connectivity index is 0.725. The second-order valence-electron chi connectivity index (χ2n) is 16.7. The van der Waals surface area contributed by atoms with E-state index in [1.165, 1.54) is 5.56 Å². The monoisotopic (exact) mass is 773 g/mol. The zero-order chi connectivity index (χ0) is 38.4. The van der Waals surface area contributed by atoms with E-state index in [1.54, 1.807) is 26.4 Å². The number of anilines is 1. The topological polar surface area (TPSA) is 125 Å². The normalized spacial score (nSPS) is 25.0. The summed E-state index contributed by atoms with van der Waals surface area (Å²) in [5.74, 6) is 0.294. The number of likely N-dealkylation sites (tertiary alicyclic amines) is 1. The van der Waals surface area contributed by atoms with Crippen molar-refractivity contribution in [1.82, 2.24) is 39.6 Å². The third-order valence-corrected chi connectivity index (χ3v) is 13.2. The van der Waals surface area contributed by atoms with Crippen molar-refractivity contribution in [3.8, 4) is 5.69 Å². The summed E-state index contributed by atoms with van der Waals surface area (Å²) in [5.41, 5.74) is 3.55. The van der Waals surface area contributed by atoms with Gasteiger partial charge in [0.25, 0.3) is 12.3 Å². The van der Waals surface area contributed by atoms with Gasteiger partial charge in [-0.05, 0) is 94.6 Å². The third-order valence-electron chi connectivity index (χ3n) is 13.2. The number of carbonyl (C=O) groups is 2. The Hall–Kier alpha value is -4.21. The number of morpholine rings is 1. The summed E-state index contributed by atoms with van der Waals surface area (Å²) < 4.78 is 45.7. The number of imide groups is 1. The molecule has 1 aromatic carbocycles. The molecule has 3 saturated heterocycles. The van der Waals surface area contributed by atoms with Crippen molar-refractivity contribution >= 4 is 28.5 Å². The van der Waals surface area contributed by atoms with Crippen LogP contribution in [0.2, 0.25) is 0 Å². The first-order valence-electron chi connectivity index (χ1n) is 20.7. The standard InChI is InChI=1S/C41H53F2N9O4/c1-27-37-28(4-2-6-32(37)51(46-27)33-11-12-35(53)45-40(33)54)5-3-21-56-31-9-7-29(8-10-31)49-25-41(26-49)16-13-30(14-17-41)50-24-34(38(47-50)39(42)43)52-36(15-18-44-52)48-19-22-55-23-20-48/h2,4,6,15,18,24,29-31,33,39H,3,5,7-14,16-17,19-23,25-26H2,1H3,(H,45,53,54). The molecule has 56 heavy (non-hydrogen) atoms. The quantitative estimate of drug-likeness (QED) is 0.148. The van der Waals surface area contributed by atoms with Crippen LogP contribution < -0.4 is 10.2 Å². The molecular weight excluding hydrogens is 721 g/mol. The molecule has 1 spiro atoms. The number of rotatable bonds is 11. The minimum absolute atomic E-state index is 0.114. The molecule has 2 aliphatic carbocycles. The van der Waals surface area contributed by atoms with Crippen molar-refractivity contribution < 1.29 is 27.8 Å². The van der Waals surface area contributed by atoms with Gasteiger partial charge in [-0.1, -0.05) is 12.1 Å². The highest BCUT2D eigenvalue weighted by Crippen LogP contribution is 2.49. The predicted molar refractivity (Wildman–Crippen MR) is 205 cm³/mol. The largest absolute Gasteiger partial charge is 0.378 e. The van der Waals surface area contributed by atoms with E-state index in [0.717, 1.165) is 99.7 Å². The fraction of sp³-hybridized carbons (Fsp3) is 0.634. The number of ether oxygens (including phenoxy) is 2. The SMILES string of the molecule is Cc1nn(C2CCC(=O)NC2=O)c2cccc(CCCOC3CCC(N4CC5(CCC(n6cc(-n7nccc7N7CCOCC7)c(C(F)F)n6)CC5)C4)CC3)c12. The molecule has 0 bridgehead atoms. The number of aromatic nitrogens is 6. The van der Waals surface area contributed by atoms with Gasteiger partial charge in [0.1, 0.15) is 17.5 Å². The zero-order valence-corrected chi connectivity index (χ0v) is 32.3. The van der Waals surface area contributed by atoms with Crippen molar-refractivity contribution in [2.75, 3.05) is 50.9 Å². The van der Waals surface area contributed by atoms with E-state index < -0.39 is 12.5 Å². The summed E-state index contributed by atoms with van der Waals surface area (Å²) >= 11 is 0. The number of nitrogens with one attached hydrogen (secondary N) is 1. The van der Waals surface area contributed by atoms with E-state index in [-0.39, 0.29) is 23.6 Å². The minimum atomic E-state index is -2.68. The Morgan fingerprint density at radius 1 is 0.982 bits per heavy atom. The fourth-order valence-corrected chi connectivity index (χ4v) is 10.2. The van der Waals surface area contributed by atoms with Gasteiger partial charge in [0.2, 0.25) is 5.91 Å². The van der Waals surface area contributed by atoms with Crippen LogP contribution in [0.25, 0.3) is 16.6 Å². The van der Waals surface area contributed by atoms with Crippen molar-refractivity contribution in [2.45, 2.75) is 115 Å². The van der Waals surface area contributed by atoms with Gasteiger partial charge in [-0.2, -0.15) is 15.3 Å². The van der Waals surface area contributed by atoms with Crippen LogP contribution in [0.15, 0.2) is 36.7 Å². The number of hydrogen-bond acceptors (Lipinski definition) is 9. The summed E-state index contributed by atoms with van der Waals surface area (Å²) in [6.45, 7) is 7.58. The maximum Gasteiger partial charge on any atom is 0.284 e. The summed E-state index contributed by atoms with van der Waals surface area (Å²) in [7, 11) is 0. The molecule has 5 fully saturated rings. The van der Waals surface area contributed by atoms with E-state index in [9.17, 15) is 18.4 Å². The lowest BCUT2D eigenvalue weighted by molar-refractivity contribution is -0.135. The zero-order valence-electron chi connectivity index (χ0n) is 32.3. The number of benzene rings is 1. The number of carbonyl (C=O) groups excluding carboxylic acids is 2. The molecular formula is C41H53F2N9O4. The smallest absolute Gasteiger partial charge is 0.284 e. The highest BCUT2D eigenvalue weighted by Gasteiger charge is 2.48. The van der Waals surface area contributed by atoms with Gasteiger partial charge in [0, 0.05) is 56.7 Å². The molecule has 300 valence electrons. The minimum Gasteiger partial charge on any atom is -0.378 e. The molecule has 0 radical (unpaired) electrons. The van der Waals surface area contributed by atoms with Crippen molar-refractivity contribution in [3.63, 3.8) is 0 Å². The van der Waals surface area contributed by atoms with Gasteiger partial charge in [-0.15, -0.1) is 0 Å². The molecule has 5 aliphatic rings. The van der Waals surface area contributed by atoms with Gasteiger partial charge >= 0.3 is 0 Å². The highest BCUT2D eigenvalue weighted by atomic mass is 19.3. The molecule has 1 unspecified atom stereocenters. The first kappa shape index (κ1) is 37.4. The maximum absolute atomic E-state index is 14.3. The number of piperidine rings is 1. The Labute approximate surface area is 325 Å². The van der Waals surface area contributed by atoms with E-state index in [1.807, 2.05) is 25.1 Å². The van der Waals surface area contributed by atoms with Crippen molar-refractivity contribution in [1.29, 1.82) is 0 Å². The van der Waals surface area contributed by atoms with Crippen LogP contribution in [0.3, 0.4) is 0 Å². The number of alkyl halides is 2. The Morgan fingerprint density at radius 3 is 2.52 bits per heavy atom. The Bertz CT molecular complexity index is 2030.